The number of aromatic nitrogens is 2. The zero-order valence-electron chi connectivity index (χ0n) is 12.3. The van der Waals surface area contributed by atoms with E-state index < -0.39 is 0 Å². The predicted molar refractivity (Wildman–Crippen MR) is 94.3 cm³/mol. The molecule has 0 radical (unpaired) electrons. The number of nitrogens with zero attached hydrogens (tertiary/aromatic N) is 2. The van der Waals surface area contributed by atoms with E-state index in [1.165, 1.54) is 14.7 Å². The van der Waals surface area contributed by atoms with Crippen molar-refractivity contribution in [3.63, 3.8) is 0 Å². The van der Waals surface area contributed by atoms with E-state index in [-0.39, 0.29) is 5.54 Å². The Balaban J connectivity index is 2.07. The van der Waals surface area contributed by atoms with Gasteiger partial charge in [0.25, 0.3) is 0 Å². The van der Waals surface area contributed by atoms with Gasteiger partial charge in [-0.25, -0.2) is 0 Å². The first-order valence-electron chi connectivity index (χ1n) is 6.70. The molecule has 20 heavy (non-hydrogen) atoms. The van der Waals surface area contributed by atoms with Crippen LogP contribution in [0, 0.1) is 10.5 Å². The molecule has 1 aromatic heterocycles. The highest BCUT2D eigenvalue weighted by Crippen LogP contribution is 2.29. The Hall–Kier alpha value is -0.530. The molecule has 0 saturated heterocycles. The highest BCUT2D eigenvalue weighted by Gasteiger charge is 2.12. The molecule has 0 amide bonds. The number of benzene rings is 1. The summed E-state index contributed by atoms with van der Waals surface area (Å²) in [6, 6.07) is 6.32. The maximum absolute atomic E-state index is 4.34. The average Bonchev–Trinajstić information content (AvgIpc) is 2.79. The maximum atomic E-state index is 4.34. The van der Waals surface area contributed by atoms with Gasteiger partial charge in [-0.05, 0) is 55.8 Å². The first kappa shape index (κ1) is 15.9. The van der Waals surface area contributed by atoms with Crippen LogP contribution in [-0.2, 0) is 6.42 Å². The Morgan fingerprint density at radius 3 is 2.70 bits per heavy atom. The van der Waals surface area contributed by atoms with Crippen LogP contribution in [0.1, 0.15) is 31.3 Å². The van der Waals surface area contributed by atoms with Gasteiger partial charge in [-0.3, -0.25) is 0 Å². The first-order chi connectivity index (χ1) is 9.37. The second-order valence-electron chi connectivity index (χ2n) is 5.86. The average molecular weight is 401 g/mol. The van der Waals surface area contributed by atoms with Gasteiger partial charge in [0.05, 0.1) is 0 Å². The van der Waals surface area contributed by atoms with Gasteiger partial charge in [0, 0.05) is 27.6 Å². The number of aryl methyl sites for hydroxylation is 1. The molecular formula is C15H20IN3S. The van der Waals surface area contributed by atoms with Gasteiger partial charge in [0.1, 0.15) is 10.0 Å². The Kier molecular flexibility index (Phi) is 5.14. The highest BCUT2D eigenvalue weighted by molar-refractivity contribution is 14.1. The molecule has 2 aromatic rings. The smallest absolute Gasteiger partial charge is 0.148 e. The minimum atomic E-state index is 0.152. The zero-order chi connectivity index (χ0) is 14.8. The van der Waals surface area contributed by atoms with Crippen LogP contribution in [0.25, 0.3) is 10.6 Å². The lowest BCUT2D eigenvalue weighted by Crippen LogP contribution is -2.37. The Bertz CT molecular complexity index is 587. The zero-order valence-corrected chi connectivity index (χ0v) is 15.3. The van der Waals surface area contributed by atoms with Gasteiger partial charge in [0.15, 0.2) is 0 Å². The fraction of sp³-hybridized carbons (Fsp3) is 0.467. The van der Waals surface area contributed by atoms with E-state index in [1.54, 1.807) is 11.3 Å². The minimum Gasteiger partial charge on any atom is -0.312 e. The molecule has 0 aliphatic heterocycles. The number of halogens is 1. The van der Waals surface area contributed by atoms with E-state index >= 15 is 0 Å². The lowest BCUT2D eigenvalue weighted by atomic mass is 10.1. The standard InChI is InChI=1S/C15H20IN3S/c1-10-6-5-7-11(13(10)16)14-19-18-12(20-14)8-9-17-15(2,3)4/h5-7,17H,8-9H2,1-4H3. The molecular weight excluding hydrogens is 381 g/mol. The van der Waals surface area contributed by atoms with Crippen LogP contribution in [-0.4, -0.2) is 22.3 Å². The van der Waals surface area contributed by atoms with Crippen LogP contribution in [0.4, 0.5) is 0 Å². The fourth-order valence-electron chi connectivity index (χ4n) is 1.82. The van der Waals surface area contributed by atoms with Crippen molar-refractivity contribution in [2.75, 3.05) is 6.54 Å². The summed E-state index contributed by atoms with van der Waals surface area (Å²) in [6.45, 7) is 9.58. The predicted octanol–water partition coefficient (Wildman–Crippen LogP) is 4.05. The molecule has 0 bridgehead atoms. The number of hydrogen-bond acceptors (Lipinski definition) is 4. The van der Waals surface area contributed by atoms with Crippen LogP contribution in [0.2, 0.25) is 0 Å². The third-order valence-corrected chi connectivity index (χ3v) is 5.33. The van der Waals surface area contributed by atoms with E-state index in [9.17, 15) is 0 Å². The molecule has 0 fully saturated rings. The molecule has 0 unspecified atom stereocenters. The summed E-state index contributed by atoms with van der Waals surface area (Å²) in [6.07, 6.45) is 0.928. The third kappa shape index (κ3) is 4.23. The highest BCUT2D eigenvalue weighted by atomic mass is 127. The molecule has 0 aliphatic carbocycles. The topological polar surface area (TPSA) is 37.8 Å². The Morgan fingerprint density at radius 1 is 1.25 bits per heavy atom. The van der Waals surface area contributed by atoms with E-state index in [4.69, 9.17) is 0 Å². The van der Waals surface area contributed by atoms with E-state index in [1.807, 2.05) is 0 Å². The fourth-order valence-corrected chi connectivity index (χ4v) is 3.49. The van der Waals surface area contributed by atoms with E-state index in [2.05, 4.69) is 84.0 Å². The SMILES string of the molecule is Cc1cccc(-c2nnc(CCNC(C)(C)C)s2)c1I. The van der Waals surface area contributed by atoms with Crippen molar-refractivity contribution in [3.05, 3.63) is 32.3 Å². The van der Waals surface area contributed by atoms with Crippen LogP contribution in [0.3, 0.4) is 0 Å². The lowest BCUT2D eigenvalue weighted by Gasteiger charge is -2.19. The molecule has 0 aliphatic rings. The van der Waals surface area contributed by atoms with Gasteiger partial charge in [0.2, 0.25) is 0 Å². The van der Waals surface area contributed by atoms with Crippen LogP contribution >= 0.6 is 33.9 Å². The second-order valence-corrected chi connectivity index (χ2v) is 8.01. The largest absolute Gasteiger partial charge is 0.312 e. The van der Waals surface area contributed by atoms with Crippen molar-refractivity contribution in [1.29, 1.82) is 0 Å². The monoisotopic (exact) mass is 401 g/mol. The maximum Gasteiger partial charge on any atom is 0.148 e. The Labute approximate surface area is 138 Å². The quantitative estimate of drug-likeness (QED) is 0.786. The molecule has 2 rings (SSSR count). The van der Waals surface area contributed by atoms with Gasteiger partial charge in [-0.15, -0.1) is 10.2 Å². The molecule has 108 valence electrons. The van der Waals surface area contributed by atoms with Crippen molar-refractivity contribution >= 4 is 33.9 Å². The van der Waals surface area contributed by atoms with Crippen molar-refractivity contribution in [1.82, 2.24) is 15.5 Å². The normalized spacial score (nSPS) is 11.8. The Morgan fingerprint density at radius 2 is 2.00 bits per heavy atom. The molecule has 0 atom stereocenters. The summed E-state index contributed by atoms with van der Waals surface area (Å²) in [4.78, 5) is 0. The number of hydrogen-bond donors (Lipinski definition) is 1. The molecule has 3 nitrogen and oxygen atoms in total. The summed E-state index contributed by atoms with van der Waals surface area (Å²) in [5.41, 5.74) is 2.63. The van der Waals surface area contributed by atoms with E-state index in [0.717, 1.165) is 23.0 Å². The number of nitrogens with one attached hydrogen (secondary N) is 1. The summed E-state index contributed by atoms with van der Waals surface area (Å²) >= 11 is 4.08. The summed E-state index contributed by atoms with van der Waals surface area (Å²) in [5.74, 6) is 0. The molecule has 0 spiro atoms. The van der Waals surface area contributed by atoms with Crippen LogP contribution in [0.5, 0.6) is 0 Å². The molecule has 5 heteroatoms. The first-order valence-corrected chi connectivity index (χ1v) is 8.59. The van der Waals surface area contributed by atoms with Crippen molar-refractivity contribution in [3.8, 4) is 10.6 Å². The second kappa shape index (κ2) is 6.49. The van der Waals surface area contributed by atoms with Crippen molar-refractivity contribution < 1.29 is 0 Å². The summed E-state index contributed by atoms with van der Waals surface area (Å²) in [5, 5.41) is 14.2. The van der Waals surface area contributed by atoms with Crippen molar-refractivity contribution in [2.24, 2.45) is 0 Å². The third-order valence-electron chi connectivity index (χ3n) is 2.88. The molecule has 1 N–H and O–H groups in total. The van der Waals surface area contributed by atoms with Crippen LogP contribution < -0.4 is 5.32 Å². The van der Waals surface area contributed by atoms with E-state index in [0.29, 0.717) is 0 Å². The van der Waals surface area contributed by atoms with Gasteiger partial charge in [-0.2, -0.15) is 0 Å². The van der Waals surface area contributed by atoms with Crippen molar-refractivity contribution in [2.45, 2.75) is 39.7 Å². The van der Waals surface area contributed by atoms with Gasteiger partial charge < -0.3 is 5.32 Å². The number of rotatable bonds is 4. The molecule has 1 aromatic carbocycles. The minimum absolute atomic E-state index is 0.152. The lowest BCUT2D eigenvalue weighted by molar-refractivity contribution is 0.429. The molecule has 0 saturated carbocycles. The summed E-state index contributed by atoms with van der Waals surface area (Å²) < 4.78 is 1.26. The van der Waals surface area contributed by atoms with Gasteiger partial charge in [-0.1, -0.05) is 29.5 Å². The summed E-state index contributed by atoms with van der Waals surface area (Å²) in [7, 11) is 0. The molecule has 1 heterocycles. The van der Waals surface area contributed by atoms with Crippen LogP contribution in [0.15, 0.2) is 18.2 Å². The van der Waals surface area contributed by atoms with Gasteiger partial charge >= 0.3 is 0 Å².